The predicted octanol–water partition coefficient (Wildman–Crippen LogP) is 2.00. The number of aromatic nitrogens is 1. The first-order valence-corrected chi connectivity index (χ1v) is 7.71. The number of primary amides is 1. The Balaban J connectivity index is 1.76. The van der Waals surface area contributed by atoms with Crippen molar-refractivity contribution in [1.29, 1.82) is 0 Å². The number of likely N-dealkylation sites (tertiary alicyclic amines) is 1. The lowest BCUT2D eigenvalue weighted by atomic mass is 9.72. The number of nitrogens with zero attached hydrogens (tertiary/aromatic N) is 1. The number of amides is 1. The highest BCUT2D eigenvalue weighted by Crippen LogP contribution is 2.44. The van der Waals surface area contributed by atoms with Crippen molar-refractivity contribution >= 4 is 16.8 Å². The van der Waals surface area contributed by atoms with Crippen molar-refractivity contribution in [2.45, 2.75) is 31.2 Å². The van der Waals surface area contributed by atoms with E-state index in [1.54, 1.807) is 0 Å². The first-order valence-electron chi connectivity index (χ1n) is 7.71. The first kappa shape index (κ1) is 12.9. The molecule has 0 spiro atoms. The summed E-state index contributed by atoms with van der Waals surface area (Å²) in [5.74, 6) is 0.716. The number of piperidine rings is 1. The lowest BCUT2D eigenvalue weighted by molar-refractivity contribution is -0.119. The number of likely N-dealkylation sites (N-methyl/N-ethyl adjacent to an activating group) is 1. The zero-order valence-electron chi connectivity index (χ0n) is 12.3. The summed E-state index contributed by atoms with van der Waals surface area (Å²) >= 11 is 0. The number of nitrogens with one attached hydrogen (secondary N) is 1. The molecule has 1 aromatic heterocycles. The third-order valence-electron chi connectivity index (χ3n) is 5.30. The van der Waals surface area contributed by atoms with Crippen molar-refractivity contribution in [3.05, 3.63) is 35.5 Å². The Morgan fingerprint density at radius 2 is 2.33 bits per heavy atom. The Kier molecular flexibility index (Phi) is 2.82. The maximum absolute atomic E-state index is 11.3. The maximum atomic E-state index is 11.3. The van der Waals surface area contributed by atoms with Crippen molar-refractivity contribution in [3.8, 4) is 0 Å². The standard InChI is InChI=1S/C17H21N3O/c1-20-9-10(6-16(18)21)5-13-12-3-2-4-14-17(12)11(8-19-14)7-15(13)20/h2-4,8,10,13,15,19H,5-7,9H2,1H3,(H2,18,21)/t10?,13?,15-/m1/s1. The van der Waals surface area contributed by atoms with E-state index in [9.17, 15) is 4.79 Å². The number of carbonyl (C=O) groups is 1. The minimum atomic E-state index is -0.178. The van der Waals surface area contributed by atoms with E-state index >= 15 is 0 Å². The van der Waals surface area contributed by atoms with Gasteiger partial charge in [0, 0.05) is 42.0 Å². The molecule has 2 aliphatic rings. The number of hydrogen-bond donors (Lipinski definition) is 2. The van der Waals surface area contributed by atoms with Gasteiger partial charge in [-0.05, 0) is 43.0 Å². The van der Waals surface area contributed by atoms with E-state index < -0.39 is 0 Å². The van der Waals surface area contributed by atoms with Crippen LogP contribution in [0.3, 0.4) is 0 Å². The number of H-pyrrole nitrogens is 1. The van der Waals surface area contributed by atoms with Crippen molar-refractivity contribution in [2.24, 2.45) is 11.7 Å². The van der Waals surface area contributed by atoms with Crippen LogP contribution in [0.4, 0.5) is 0 Å². The summed E-state index contributed by atoms with van der Waals surface area (Å²) in [4.78, 5) is 17.1. The van der Waals surface area contributed by atoms with Gasteiger partial charge in [0.15, 0.2) is 0 Å². The van der Waals surface area contributed by atoms with Crippen molar-refractivity contribution < 1.29 is 4.79 Å². The van der Waals surface area contributed by atoms with Gasteiger partial charge in [-0.25, -0.2) is 0 Å². The van der Waals surface area contributed by atoms with Crippen LogP contribution in [0.15, 0.2) is 24.4 Å². The Hall–Kier alpha value is -1.81. The fraction of sp³-hybridized carbons (Fsp3) is 0.471. The zero-order chi connectivity index (χ0) is 14.6. The van der Waals surface area contributed by atoms with Gasteiger partial charge < -0.3 is 15.6 Å². The molecule has 1 aliphatic carbocycles. The molecule has 2 heterocycles. The molecule has 1 aromatic carbocycles. The van der Waals surface area contributed by atoms with Gasteiger partial charge in [0.2, 0.25) is 5.91 Å². The lowest BCUT2D eigenvalue weighted by Crippen LogP contribution is -2.48. The Bertz CT molecular complexity index is 705. The van der Waals surface area contributed by atoms with Crippen LogP contribution in [-0.4, -0.2) is 35.4 Å². The quantitative estimate of drug-likeness (QED) is 0.885. The summed E-state index contributed by atoms with van der Waals surface area (Å²) in [5.41, 5.74) is 9.53. The fourth-order valence-electron chi connectivity index (χ4n) is 4.49. The molecule has 4 heteroatoms. The molecule has 0 bridgehead atoms. The Morgan fingerprint density at radius 1 is 1.48 bits per heavy atom. The van der Waals surface area contributed by atoms with Crippen LogP contribution in [0, 0.1) is 5.92 Å². The van der Waals surface area contributed by atoms with Crippen LogP contribution in [0.1, 0.15) is 29.9 Å². The molecule has 1 amide bonds. The van der Waals surface area contributed by atoms with Crippen LogP contribution in [0.5, 0.6) is 0 Å². The molecule has 1 aliphatic heterocycles. The van der Waals surface area contributed by atoms with Crippen LogP contribution in [0.2, 0.25) is 0 Å². The molecule has 4 rings (SSSR count). The second-order valence-electron chi connectivity index (χ2n) is 6.67. The second kappa shape index (κ2) is 4.60. The summed E-state index contributed by atoms with van der Waals surface area (Å²) in [6.07, 6.45) is 4.83. The van der Waals surface area contributed by atoms with Gasteiger partial charge in [-0.1, -0.05) is 12.1 Å². The molecule has 3 N–H and O–H groups in total. The summed E-state index contributed by atoms with van der Waals surface area (Å²) in [7, 11) is 2.18. The van der Waals surface area contributed by atoms with Gasteiger partial charge in [-0.2, -0.15) is 0 Å². The second-order valence-corrected chi connectivity index (χ2v) is 6.67. The van der Waals surface area contributed by atoms with Gasteiger partial charge in [-0.3, -0.25) is 4.79 Å². The van der Waals surface area contributed by atoms with Crippen LogP contribution in [-0.2, 0) is 11.2 Å². The predicted molar refractivity (Wildman–Crippen MR) is 83.1 cm³/mol. The van der Waals surface area contributed by atoms with E-state index in [1.165, 1.54) is 22.0 Å². The van der Waals surface area contributed by atoms with Crippen molar-refractivity contribution in [3.63, 3.8) is 0 Å². The number of aromatic amines is 1. The molecule has 21 heavy (non-hydrogen) atoms. The van der Waals surface area contributed by atoms with E-state index in [-0.39, 0.29) is 5.91 Å². The summed E-state index contributed by atoms with van der Waals surface area (Å²) in [6.45, 7) is 0.972. The average Bonchev–Trinajstić information content (AvgIpc) is 2.84. The topological polar surface area (TPSA) is 62.1 Å². The normalized spacial score (nSPS) is 28.5. The van der Waals surface area contributed by atoms with E-state index in [4.69, 9.17) is 5.73 Å². The maximum Gasteiger partial charge on any atom is 0.217 e. The van der Waals surface area contributed by atoms with Gasteiger partial charge in [-0.15, -0.1) is 0 Å². The average molecular weight is 283 g/mol. The van der Waals surface area contributed by atoms with E-state index in [0.29, 0.717) is 24.3 Å². The molecule has 1 saturated heterocycles. The summed E-state index contributed by atoms with van der Waals surface area (Å²) in [5, 5.41) is 1.41. The van der Waals surface area contributed by atoms with Gasteiger partial charge in [0.25, 0.3) is 0 Å². The monoisotopic (exact) mass is 283 g/mol. The molecular formula is C17H21N3O. The number of rotatable bonds is 2. The van der Waals surface area contributed by atoms with E-state index in [0.717, 1.165) is 19.4 Å². The Labute approximate surface area is 124 Å². The third kappa shape index (κ3) is 1.97. The molecule has 1 fully saturated rings. The Morgan fingerprint density at radius 3 is 3.14 bits per heavy atom. The van der Waals surface area contributed by atoms with Gasteiger partial charge in [0.05, 0.1) is 0 Å². The molecule has 0 radical (unpaired) electrons. The highest BCUT2D eigenvalue weighted by atomic mass is 16.1. The number of fused-ring (bicyclic) bond motifs is 2. The van der Waals surface area contributed by atoms with Crippen LogP contribution in [0.25, 0.3) is 10.9 Å². The number of nitrogens with two attached hydrogens (primary N) is 1. The minimum absolute atomic E-state index is 0.178. The largest absolute Gasteiger partial charge is 0.370 e. The highest BCUT2D eigenvalue weighted by molar-refractivity contribution is 5.88. The molecule has 0 saturated carbocycles. The lowest BCUT2D eigenvalue weighted by Gasteiger charge is -2.45. The van der Waals surface area contributed by atoms with E-state index in [2.05, 4.69) is 41.3 Å². The smallest absolute Gasteiger partial charge is 0.217 e. The summed E-state index contributed by atoms with van der Waals surface area (Å²) < 4.78 is 0. The number of benzene rings is 1. The van der Waals surface area contributed by atoms with Gasteiger partial charge in [0.1, 0.15) is 0 Å². The van der Waals surface area contributed by atoms with Crippen molar-refractivity contribution in [2.75, 3.05) is 13.6 Å². The number of hydrogen-bond acceptors (Lipinski definition) is 2. The molecule has 4 nitrogen and oxygen atoms in total. The third-order valence-corrected chi connectivity index (χ3v) is 5.30. The number of carbonyl (C=O) groups excluding carboxylic acids is 1. The highest BCUT2D eigenvalue weighted by Gasteiger charge is 2.39. The van der Waals surface area contributed by atoms with Crippen molar-refractivity contribution in [1.82, 2.24) is 9.88 Å². The first-order chi connectivity index (χ1) is 10.1. The van der Waals surface area contributed by atoms with E-state index in [1.807, 2.05) is 0 Å². The molecule has 2 unspecified atom stereocenters. The molecule has 2 aromatic rings. The van der Waals surface area contributed by atoms with Crippen LogP contribution >= 0.6 is 0 Å². The molecular weight excluding hydrogens is 262 g/mol. The zero-order valence-corrected chi connectivity index (χ0v) is 12.3. The SMILES string of the molecule is CN1CC(CC(N)=O)CC2c3cccc4[nH]cc(c34)C[C@H]21. The molecule has 3 atom stereocenters. The van der Waals surface area contributed by atoms with Crippen LogP contribution < -0.4 is 5.73 Å². The summed E-state index contributed by atoms with van der Waals surface area (Å²) in [6, 6.07) is 7.09. The fourth-order valence-corrected chi connectivity index (χ4v) is 4.49. The minimum Gasteiger partial charge on any atom is -0.370 e. The molecule has 110 valence electrons. The van der Waals surface area contributed by atoms with Gasteiger partial charge >= 0.3 is 0 Å².